The van der Waals surface area contributed by atoms with Crippen LogP contribution in [0.4, 0.5) is 11.4 Å². The van der Waals surface area contributed by atoms with Crippen molar-refractivity contribution in [2.45, 2.75) is 20.0 Å². The van der Waals surface area contributed by atoms with Gasteiger partial charge < -0.3 is 10.2 Å². The number of aryl methyl sites for hydroxylation is 1. The first-order valence-corrected chi connectivity index (χ1v) is 7.11. The van der Waals surface area contributed by atoms with Crippen LogP contribution in [0, 0.1) is 0 Å². The highest BCUT2D eigenvalue weighted by molar-refractivity contribution is 9.10. The molecule has 0 bridgehead atoms. The van der Waals surface area contributed by atoms with Crippen molar-refractivity contribution in [1.82, 2.24) is 9.78 Å². The molecule has 1 N–H and O–H groups in total. The van der Waals surface area contributed by atoms with Gasteiger partial charge in [0.05, 0.1) is 17.6 Å². The average molecular weight is 323 g/mol. The second kappa shape index (κ2) is 6.10. The molecule has 102 valence electrons. The van der Waals surface area contributed by atoms with Gasteiger partial charge in [-0.3, -0.25) is 4.68 Å². The Morgan fingerprint density at radius 3 is 2.79 bits per heavy atom. The highest BCUT2D eigenvalue weighted by Gasteiger charge is 2.05. The number of halogens is 1. The molecule has 0 saturated carbocycles. The van der Waals surface area contributed by atoms with E-state index in [2.05, 4.69) is 62.6 Å². The van der Waals surface area contributed by atoms with Crippen LogP contribution in [0.5, 0.6) is 0 Å². The molecule has 0 atom stereocenters. The van der Waals surface area contributed by atoms with Crippen molar-refractivity contribution < 1.29 is 0 Å². The molecule has 1 heterocycles. The maximum absolute atomic E-state index is 4.28. The first-order chi connectivity index (χ1) is 9.10. The molecule has 2 aromatic rings. The van der Waals surface area contributed by atoms with Crippen molar-refractivity contribution in [2.75, 3.05) is 24.3 Å². The zero-order valence-electron chi connectivity index (χ0n) is 11.5. The lowest BCUT2D eigenvalue weighted by molar-refractivity contribution is 0.659. The molecule has 0 aliphatic carbocycles. The van der Waals surface area contributed by atoms with Gasteiger partial charge in [0, 0.05) is 43.4 Å². The molecule has 0 unspecified atom stereocenters. The Bertz CT molecular complexity index is 548. The summed E-state index contributed by atoms with van der Waals surface area (Å²) in [5.41, 5.74) is 3.47. The number of rotatable bonds is 5. The third-order valence-corrected chi connectivity index (χ3v) is 3.43. The Morgan fingerprint density at radius 2 is 2.16 bits per heavy atom. The molecule has 0 saturated heterocycles. The first kappa shape index (κ1) is 13.9. The molecule has 0 radical (unpaired) electrons. The van der Waals surface area contributed by atoms with E-state index < -0.39 is 0 Å². The van der Waals surface area contributed by atoms with Crippen LogP contribution < -0.4 is 10.2 Å². The van der Waals surface area contributed by atoms with Crippen molar-refractivity contribution in [3.8, 4) is 0 Å². The van der Waals surface area contributed by atoms with Gasteiger partial charge in [0.2, 0.25) is 0 Å². The summed E-state index contributed by atoms with van der Waals surface area (Å²) in [7, 11) is 4.09. The predicted molar refractivity (Wildman–Crippen MR) is 83.7 cm³/mol. The van der Waals surface area contributed by atoms with E-state index in [1.54, 1.807) is 0 Å². The van der Waals surface area contributed by atoms with Crippen molar-refractivity contribution >= 4 is 27.3 Å². The smallest absolute Gasteiger partial charge is 0.0597 e. The summed E-state index contributed by atoms with van der Waals surface area (Å²) in [6, 6.07) is 6.25. The maximum atomic E-state index is 4.28. The summed E-state index contributed by atoms with van der Waals surface area (Å²) in [5, 5.41) is 7.74. The number of hydrogen-bond acceptors (Lipinski definition) is 3. The quantitative estimate of drug-likeness (QED) is 0.916. The van der Waals surface area contributed by atoms with Gasteiger partial charge in [0.15, 0.2) is 0 Å². The Kier molecular flexibility index (Phi) is 4.47. The third-order valence-electron chi connectivity index (χ3n) is 2.93. The summed E-state index contributed by atoms with van der Waals surface area (Å²) >= 11 is 3.51. The Morgan fingerprint density at radius 1 is 1.37 bits per heavy atom. The van der Waals surface area contributed by atoms with E-state index >= 15 is 0 Å². The van der Waals surface area contributed by atoms with Crippen LogP contribution in [0.25, 0.3) is 0 Å². The third kappa shape index (κ3) is 3.50. The van der Waals surface area contributed by atoms with Gasteiger partial charge in [-0.1, -0.05) is 15.9 Å². The molecule has 2 rings (SSSR count). The molecular weight excluding hydrogens is 304 g/mol. The lowest BCUT2D eigenvalue weighted by Gasteiger charge is -2.18. The van der Waals surface area contributed by atoms with Crippen LogP contribution >= 0.6 is 15.9 Å². The summed E-state index contributed by atoms with van der Waals surface area (Å²) in [4.78, 5) is 2.10. The van der Waals surface area contributed by atoms with Crippen molar-refractivity contribution in [1.29, 1.82) is 0 Å². The average Bonchev–Trinajstić information content (AvgIpc) is 2.84. The summed E-state index contributed by atoms with van der Waals surface area (Å²) in [6.07, 6.45) is 3.98. The lowest BCUT2D eigenvalue weighted by atomic mass is 10.2. The fraction of sp³-hybridized carbons (Fsp3) is 0.357. The van der Waals surface area contributed by atoms with E-state index in [0.717, 1.165) is 23.2 Å². The van der Waals surface area contributed by atoms with Crippen LogP contribution in [0.15, 0.2) is 35.1 Å². The van der Waals surface area contributed by atoms with Gasteiger partial charge in [0.25, 0.3) is 0 Å². The summed E-state index contributed by atoms with van der Waals surface area (Å²) in [5.74, 6) is 0. The SMILES string of the molecule is CCn1cc(CNc2cc(Br)ccc2N(C)C)cn1. The van der Waals surface area contributed by atoms with Crippen LogP contribution in [0.2, 0.25) is 0 Å². The second-order valence-corrected chi connectivity index (χ2v) is 5.53. The minimum Gasteiger partial charge on any atom is -0.379 e. The van der Waals surface area contributed by atoms with Gasteiger partial charge in [-0.15, -0.1) is 0 Å². The molecule has 0 aliphatic rings. The van der Waals surface area contributed by atoms with Gasteiger partial charge >= 0.3 is 0 Å². The van der Waals surface area contributed by atoms with E-state index in [4.69, 9.17) is 0 Å². The standard InChI is InChI=1S/C14H19BrN4/c1-4-19-10-11(9-17-19)8-16-13-7-12(15)5-6-14(13)18(2)3/h5-7,9-10,16H,4,8H2,1-3H3. The van der Waals surface area contributed by atoms with Crippen LogP contribution in [0.3, 0.4) is 0 Å². The Balaban J connectivity index is 2.12. The normalized spacial score (nSPS) is 10.5. The maximum Gasteiger partial charge on any atom is 0.0597 e. The van der Waals surface area contributed by atoms with Crippen LogP contribution in [-0.4, -0.2) is 23.9 Å². The highest BCUT2D eigenvalue weighted by atomic mass is 79.9. The minimum absolute atomic E-state index is 0.775. The lowest BCUT2D eigenvalue weighted by Crippen LogP contribution is -2.12. The molecular formula is C14H19BrN4. The van der Waals surface area contributed by atoms with E-state index in [1.165, 1.54) is 11.3 Å². The number of aromatic nitrogens is 2. The van der Waals surface area contributed by atoms with Gasteiger partial charge in [0.1, 0.15) is 0 Å². The zero-order valence-corrected chi connectivity index (χ0v) is 13.1. The van der Waals surface area contributed by atoms with Crippen molar-refractivity contribution in [2.24, 2.45) is 0 Å². The molecule has 0 fully saturated rings. The number of anilines is 2. The summed E-state index contributed by atoms with van der Waals surface area (Å²) in [6.45, 7) is 3.76. The van der Waals surface area contributed by atoms with Crippen LogP contribution in [0.1, 0.15) is 12.5 Å². The van der Waals surface area contributed by atoms with Crippen LogP contribution in [-0.2, 0) is 13.1 Å². The molecule has 0 spiro atoms. The predicted octanol–water partition coefficient (Wildman–Crippen LogP) is 3.34. The van der Waals surface area contributed by atoms with Gasteiger partial charge in [-0.05, 0) is 25.1 Å². The molecule has 0 amide bonds. The summed E-state index contributed by atoms with van der Waals surface area (Å²) < 4.78 is 3.01. The highest BCUT2D eigenvalue weighted by Crippen LogP contribution is 2.28. The number of benzene rings is 1. The molecule has 0 aliphatic heterocycles. The van der Waals surface area contributed by atoms with Gasteiger partial charge in [-0.25, -0.2) is 0 Å². The fourth-order valence-corrected chi connectivity index (χ4v) is 2.27. The zero-order chi connectivity index (χ0) is 13.8. The minimum atomic E-state index is 0.775. The second-order valence-electron chi connectivity index (χ2n) is 4.61. The van der Waals surface area contributed by atoms with Crippen molar-refractivity contribution in [3.63, 3.8) is 0 Å². The Labute approximate surface area is 122 Å². The fourth-order valence-electron chi connectivity index (χ4n) is 1.91. The molecule has 19 heavy (non-hydrogen) atoms. The van der Waals surface area contributed by atoms with E-state index in [0.29, 0.717) is 0 Å². The molecule has 5 heteroatoms. The number of nitrogens with one attached hydrogen (secondary N) is 1. The van der Waals surface area contributed by atoms with Gasteiger partial charge in [-0.2, -0.15) is 5.10 Å². The number of nitrogens with zero attached hydrogens (tertiary/aromatic N) is 3. The van der Waals surface area contributed by atoms with E-state index in [-0.39, 0.29) is 0 Å². The van der Waals surface area contributed by atoms with E-state index in [9.17, 15) is 0 Å². The molecule has 1 aromatic heterocycles. The van der Waals surface area contributed by atoms with E-state index in [1.807, 2.05) is 25.0 Å². The van der Waals surface area contributed by atoms with Crippen molar-refractivity contribution in [3.05, 3.63) is 40.6 Å². The number of hydrogen-bond donors (Lipinski definition) is 1. The largest absolute Gasteiger partial charge is 0.379 e. The molecule has 1 aromatic carbocycles. The monoisotopic (exact) mass is 322 g/mol. The topological polar surface area (TPSA) is 33.1 Å². The molecule has 4 nitrogen and oxygen atoms in total. The Hall–Kier alpha value is -1.49. The first-order valence-electron chi connectivity index (χ1n) is 6.32.